The molecule has 0 spiro atoms. The molecule has 0 aliphatic carbocycles. The fourth-order valence-electron chi connectivity index (χ4n) is 1.08. The van der Waals surface area contributed by atoms with E-state index in [0.29, 0.717) is 6.61 Å². The van der Waals surface area contributed by atoms with E-state index in [1.807, 2.05) is 34.6 Å². The Hall–Kier alpha value is -1.06. The summed E-state index contributed by atoms with van der Waals surface area (Å²) < 4.78 is 5.10. The fourth-order valence-corrected chi connectivity index (χ4v) is 1.08. The van der Waals surface area contributed by atoms with Crippen LogP contribution in [-0.4, -0.2) is 25.5 Å². The van der Waals surface area contributed by atoms with Crippen molar-refractivity contribution in [2.75, 3.05) is 13.7 Å². The minimum atomic E-state index is -0.312. The van der Waals surface area contributed by atoms with Crippen LogP contribution in [0.5, 0.6) is 0 Å². The van der Waals surface area contributed by atoms with E-state index in [1.165, 1.54) is 0 Å². The van der Waals surface area contributed by atoms with E-state index in [-0.39, 0.29) is 23.2 Å². The van der Waals surface area contributed by atoms with Crippen molar-refractivity contribution < 1.29 is 14.3 Å². The van der Waals surface area contributed by atoms with Gasteiger partial charge in [0, 0.05) is 13.0 Å². The first kappa shape index (κ1) is 21.2. The minimum absolute atomic E-state index is 0.0709. The fraction of sp³-hybridized carbons (Fsp3) is 0.875. The van der Waals surface area contributed by atoms with E-state index in [1.54, 1.807) is 7.05 Å². The third-order valence-electron chi connectivity index (χ3n) is 3.47. The molecular formula is C16H33NO3. The van der Waals surface area contributed by atoms with Crippen LogP contribution < -0.4 is 5.32 Å². The molecule has 0 aromatic heterocycles. The highest BCUT2D eigenvalue weighted by molar-refractivity contribution is 5.77. The summed E-state index contributed by atoms with van der Waals surface area (Å²) in [5, 5.41) is 2.58. The average molecular weight is 287 g/mol. The highest BCUT2D eigenvalue weighted by Crippen LogP contribution is 2.21. The maximum absolute atomic E-state index is 11.3. The molecule has 120 valence electrons. The third kappa shape index (κ3) is 9.82. The molecule has 0 aliphatic rings. The number of unbranched alkanes of at least 4 members (excludes halogenated alkanes) is 1. The standard InChI is InChI=1S/C10H20O2.C6H13NO/c1-5-7-8-12-9(11)10(3,4)6-2;1-4-5(2)6(8)7-3/h5-8H2,1-4H3;5H,4H2,1-3H3,(H,7,8). The summed E-state index contributed by atoms with van der Waals surface area (Å²) in [5.41, 5.74) is -0.312. The summed E-state index contributed by atoms with van der Waals surface area (Å²) in [7, 11) is 1.66. The number of carbonyl (C=O) groups is 2. The molecule has 0 aliphatic heterocycles. The summed E-state index contributed by atoms with van der Waals surface area (Å²) >= 11 is 0. The summed E-state index contributed by atoms with van der Waals surface area (Å²) in [6.45, 7) is 12.4. The van der Waals surface area contributed by atoms with E-state index in [0.717, 1.165) is 25.7 Å². The quantitative estimate of drug-likeness (QED) is 0.575. The number of amides is 1. The third-order valence-corrected chi connectivity index (χ3v) is 3.47. The van der Waals surface area contributed by atoms with Gasteiger partial charge in [-0.3, -0.25) is 9.59 Å². The van der Waals surface area contributed by atoms with E-state index in [4.69, 9.17) is 4.74 Å². The van der Waals surface area contributed by atoms with Crippen LogP contribution in [0.25, 0.3) is 0 Å². The summed E-state index contributed by atoms with van der Waals surface area (Å²) in [6.07, 6.45) is 3.78. The number of rotatable bonds is 7. The first-order chi connectivity index (χ1) is 9.26. The molecule has 4 nitrogen and oxygen atoms in total. The van der Waals surface area contributed by atoms with Gasteiger partial charge in [0.05, 0.1) is 12.0 Å². The van der Waals surface area contributed by atoms with Gasteiger partial charge in [-0.1, -0.05) is 34.1 Å². The van der Waals surface area contributed by atoms with Crippen LogP contribution in [0.2, 0.25) is 0 Å². The van der Waals surface area contributed by atoms with Crippen molar-refractivity contribution in [3.8, 4) is 0 Å². The Balaban J connectivity index is 0. The van der Waals surface area contributed by atoms with Crippen molar-refractivity contribution in [3.05, 3.63) is 0 Å². The van der Waals surface area contributed by atoms with Crippen molar-refractivity contribution in [1.82, 2.24) is 5.32 Å². The molecule has 1 amide bonds. The molecule has 1 atom stereocenters. The zero-order chi connectivity index (χ0) is 16.2. The average Bonchev–Trinajstić information content (AvgIpc) is 2.46. The normalized spacial score (nSPS) is 11.9. The van der Waals surface area contributed by atoms with E-state index >= 15 is 0 Å². The molecule has 0 fully saturated rings. The first-order valence-electron chi connectivity index (χ1n) is 7.65. The zero-order valence-corrected chi connectivity index (χ0v) is 14.3. The van der Waals surface area contributed by atoms with Crippen LogP contribution in [-0.2, 0) is 14.3 Å². The van der Waals surface area contributed by atoms with Crippen molar-refractivity contribution in [2.24, 2.45) is 11.3 Å². The van der Waals surface area contributed by atoms with E-state index in [2.05, 4.69) is 12.2 Å². The zero-order valence-electron chi connectivity index (χ0n) is 14.3. The van der Waals surface area contributed by atoms with E-state index < -0.39 is 0 Å². The topological polar surface area (TPSA) is 55.4 Å². The first-order valence-corrected chi connectivity index (χ1v) is 7.65. The smallest absolute Gasteiger partial charge is 0.311 e. The predicted octanol–water partition coefficient (Wildman–Crippen LogP) is 3.54. The maximum atomic E-state index is 11.3. The van der Waals surface area contributed by atoms with Gasteiger partial charge in [-0.05, 0) is 33.1 Å². The predicted molar refractivity (Wildman–Crippen MR) is 83.5 cm³/mol. The van der Waals surface area contributed by atoms with Crippen molar-refractivity contribution >= 4 is 11.9 Å². The number of esters is 1. The van der Waals surface area contributed by atoms with Gasteiger partial charge < -0.3 is 10.1 Å². The minimum Gasteiger partial charge on any atom is -0.465 e. The second kappa shape index (κ2) is 11.7. The van der Waals surface area contributed by atoms with Crippen LogP contribution in [0.3, 0.4) is 0 Å². The molecule has 4 heteroatoms. The molecule has 0 aromatic rings. The molecule has 0 rings (SSSR count). The number of ether oxygens (including phenoxy) is 1. The van der Waals surface area contributed by atoms with Gasteiger partial charge in [0.1, 0.15) is 0 Å². The largest absolute Gasteiger partial charge is 0.465 e. The molecule has 0 aromatic carbocycles. The van der Waals surface area contributed by atoms with Crippen LogP contribution in [0.4, 0.5) is 0 Å². The lowest BCUT2D eigenvalue weighted by Crippen LogP contribution is -2.26. The van der Waals surface area contributed by atoms with Crippen LogP contribution in [0.1, 0.15) is 67.2 Å². The van der Waals surface area contributed by atoms with E-state index in [9.17, 15) is 9.59 Å². The summed E-state index contributed by atoms with van der Waals surface area (Å²) in [5.74, 6) is 0.228. The van der Waals surface area contributed by atoms with Gasteiger partial charge in [0.2, 0.25) is 5.91 Å². The molecule has 0 radical (unpaired) electrons. The number of hydrogen-bond acceptors (Lipinski definition) is 3. The highest BCUT2D eigenvalue weighted by Gasteiger charge is 2.26. The SMILES string of the molecule is CCC(C)C(=O)NC.CCCCOC(=O)C(C)(C)CC. The Morgan fingerprint density at radius 1 is 1.20 bits per heavy atom. The Kier molecular flexibility index (Phi) is 12.5. The van der Waals surface area contributed by atoms with Gasteiger partial charge in [0.15, 0.2) is 0 Å². The molecule has 0 saturated heterocycles. The van der Waals surface area contributed by atoms with Crippen LogP contribution >= 0.6 is 0 Å². The van der Waals surface area contributed by atoms with Gasteiger partial charge in [0.25, 0.3) is 0 Å². The lowest BCUT2D eigenvalue weighted by Gasteiger charge is -2.19. The van der Waals surface area contributed by atoms with Crippen molar-refractivity contribution in [1.29, 1.82) is 0 Å². The Bertz CT molecular complexity index is 275. The lowest BCUT2D eigenvalue weighted by atomic mass is 9.91. The van der Waals surface area contributed by atoms with Gasteiger partial charge >= 0.3 is 5.97 Å². The molecular weight excluding hydrogens is 254 g/mol. The molecule has 0 saturated carbocycles. The molecule has 20 heavy (non-hydrogen) atoms. The molecule has 1 N–H and O–H groups in total. The second-order valence-electron chi connectivity index (χ2n) is 5.65. The number of nitrogens with one attached hydrogen (secondary N) is 1. The Morgan fingerprint density at radius 3 is 2.05 bits per heavy atom. The number of carbonyl (C=O) groups excluding carboxylic acids is 2. The van der Waals surface area contributed by atoms with Gasteiger partial charge in [-0.25, -0.2) is 0 Å². The molecule has 0 bridgehead atoms. The Labute approximate surface area is 124 Å². The lowest BCUT2D eigenvalue weighted by molar-refractivity contribution is -0.154. The molecule has 0 heterocycles. The Morgan fingerprint density at radius 2 is 1.75 bits per heavy atom. The maximum Gasteiger partial charge on any atom is 0.311 e. The van der Waals surface area contributed by atoms with Crippen molar-refractivity contribution in [2.45, 2.75) is 67.2 Å². The monoisotopic (exact) mass is 287 g/mol. The highest BCUT2D eigenvalue weighted by atomic mass is 16.5. The summed E-state index contributed by atoms with van der Waals surface area (Å²) in [6, 6.07) is 0. The number of hydrogen-bond donors (Lipinski definition) is 1. The molecule has 1 unspecified atom stereocenters. The van der Waals surface area contributed by atoms with Crippen LogP contribution in [0.15, 0.2) is 0 Å². The second-order valence-corrected chi connectivity index (χ2v) is 5.65. The van der Waals surface area contributed by atoms with Gasteiger partial charge in [-0.2, -0.15) is 0 Å². The van der Waals surface area contributed by atoms with Crippen LogP contribution in [0, 0.1) is 11.3 Å². The van der Waals surface area contributed by atoms with Crippen molar-refractivity contribution in [3.63, 3.8) is 0 Å². The summed E-state index contributed by atoms with van der Waals surface area (Å²) in [4.78, 5) is 22.0. The van der Waals surface area contributed by atoms with Gasteiger partial charge in [-0.15, -0.1) is 0 Å².